The van der Waals surface area contributed by atoms with Gasteiger partial charge in [-0.05, 0) is 29.7 Å². The van der Waals surface area contributed by atoms with Gasteiger partial charge in [-0.15, -0.1) is 0 Å². The van der Waals surface area contributed by atoms with Crippen LogP contribution < -0.4 is 10.1 Å². The topological polar surface area (TPSA) is 58.6 Å². The van der Waals surface area contributed by atoms with Crippen LogP contribution in [0.25, 0.3) is 0 Å². The van der Waals surface area contributed by atoms with E-state index in [1.807, 2.05) is 54.6 Å². The summed E-state index contributed by atoms with van der Waals surface area (Å²) in [7, 11) is 1.62. The second-order valence-electron chi connectivity index (χ2n) is 6.10. The first-order valence-corrected chi connectivity index (χ1v) is 8.43. The number of rotatable bonds is 6. The molecule has 2 aromatic carbocycles. The van der Waals surface area contributed by atoms with Crippen molar-refractivity contribution in [3.8, 4) is 5.75 Å². The molecule has 1 unspecified atom stereocenters. The third-order valence-electron chi connectivity index (χ3n) is 4.39. The average Bonchev–Trinajstić information content (AvgIpc) is 3.05. The molecule has 1 heterocycles. The van der Waals surface area contributed by atoms with Crippen LogP contribution in [-0.2, 0) is 9.59 Å². The number of hydrogen-bond acceptors (Lipinski definition) is 3. The van der Waals surface area contributed by atoms with Crippen LogP contribution in [0, 0.1) is 0 Å². The number of carbonyl (C=O) groups excluding carboxylic acids is 2. The van der Waals surface area contributed by atoms with E-state index in [1.165, 1.54) is 0 Å². The van der Waals surface area contributed by atoms with Crippen molar-refractivity contribution in [3.63, 3.8) is 0 Å². The fourth-order valence-corrected chi connectivity index (χ4v) is 3.05. The number of likely N-dealkylation sites (tertiary alicyclic amines) is 1. The van der Waals surface area contributed by atoms with E-state index in [-0.39, 0.29) is 24.4 Å². The minimum absolute atomic E-state index is 0.0517. The van der Waals surface area contributed by atoms with E-state index in [0.29, 0.717) is 13.0 Å². The maximum atomic E-state index is 12.5. The second kappa shape index (κ2) is 7.83. The van der Waals surface area contributed by atoms with Gasteiger partial charge in [-0.2, -0.15) is 0 Å². The molecule has 25 heavy (non-hydrogen) atoms. The van der Waals surface area contributed by atoms with Crippen molar-refractivity contribution in [1.29, 1.82) is 0 Å². The van der Waals surface area contributed by atoms with Gasteiger partial charge >= 0.3 is 0 Å². The molecule has 2 amide bonds. The smallest absolute Gasteiger partial charge is 0.240 e. The molecule has 0 radical (unpaired) electrons. The van der Waals surface area contributed by atoms with Crippen LogP contribution in [0.5, 0.6) is 5.75 Å². The Kier molecular flexibility index (Phi) is 5.33. The van der Waals surface area contributed by atoms with Gasteiger partial charge in [0.25, 0.3) is 0 Å². The first kappa shape index (κ1) is 17.0. The molecule has 1 aliphatic rings. The summed E-state index contributed by atoms with van der Waals surface area (Å²) in [5.41, 5.74) is 1.96. The Morgan fingerprint density at radius 1 is 1.12 bits per heavy atom. The highest BCUT2D eigenvalue weighted by Crippen LogP contribution is 2.24. The molecule has 0 bridgehead atoms. The molecule has 1 atom stereocenters. The standard InChI is InChI=1S/C20H22N2O3/c1-25-17-11-9-16(10-12-17)20(15-6-3-2-4-7-15)21-18(23)14-22-13-5-8-19(22)24/h2-4,6-7,9-12,20H,5,8,13-14H2,1H3,(H,21,23). The van der Waals surface area contributed by atoms with Gasteiger partial charge in [0.05, 0.1) is 19.7 Å². The summed E-state index contributed by atoms with van der Waals surface area (Å²) in [4.78, 5) is 25.8. The quantitative estimate of drug-likeness (QED) is 0.880. The molecular formula is C20H22N2O3. The minimum atomic E-state index is -0.266. The first-order valence-electron chi connectivity index (χ1n) is 8.43. The summed E-state index contributed by atoms with van der Waals surface area (Å²) in [6.45, 7) is 0.767. The number of ether oxygens (including phenoxy) is 1. The molecule has 0 spiro atoms. The van der Waals surface area contributed by atoms with Crippen molar-refractivity contribution in [1.82, 2.24) is 10.2 Å². The van der Waals surface area contributed by atoms with E-state index in [4.69, 9.17) is 4.74 Å². The van der Waals surface area contributed by atoms with Crippen molar-refractivity contribution < 1.29 is 14.3 Å². The van der Waals surface area contributed by atoms with Crippen molar-refractivity contribution in [2.75, 3.05) is 20.2 Å². The summed E-state index contributed by atoms with van der Waals surface area (Å²) in [5.74, 6) is 0.667. The Morgan fingerprint density at radius 2 is 1.80 bits per heavy atom. The van der Waals surface area contributed by atoms with E-state index < -0.39 is 0 Å². The van der Waals surface area contributed by atoms with Gasteiger partial charge in [-0.1, -0.05) is 42.5 Å². The molecule has 5 nitrogen and oxygen atoms in total. The molecule has 3 rings (SSSR count). The van der Waals surface area contributed by atoms with Crippen molar-refractivity contribution >= 4 is 11.8 Å². The minimum Gasteiger partial charge on any atom is -0.497 e. The SMILES string of the molecule is COc1ccc(C(NC(=O)CN2CCCC2=O)c2ccccc2)cc1. The predicted octanol–water partition coefficient (Wildman–Crippen LogP) is 2.52. The average molecular weight is 338 g/mol. The van der Waals surface area contributed by atoms with E-state index in [1.54, 1.807) is 12.0 Å². The Balaban J connectivity index is 1.78. The Hall–Kier alpha value is -2.82. The van der Waals surface area contributed by atoms with Gasteiger partial charge in [-0.25, -0.2) is 0 Å². The summed E-state index contributed by atoms with van der Waals surface area (Å²) in [6.07, 6.45) is 1.36. The number of carbonyl (C=O) groups is 2. The molecular weight excluding hydrogens is 316 g/mol. The maximum Gasteiger partial charge on any atom is 0.240 e. The first-order chi connectivity index (χ1) is 12.2. The Labute approximate surface area is 147 Å². The highest BCUT2D eigenvalue weighted by molar-refractivity contribution is 5.86. The highest BCUT2D eigenvalue weighted by atomic mass is 16.5. The zero-order chi connectivity index (χ0) is 17.6. The lowest BCUT2D eigenvalue weighted by Crippen LogP contribution is -2.39. The largest absolute Gasteiger partial charge is 0.497 e. The molecule has 2 aromatic rings. The fraction of sp³-hybridized carbons (Fsp3) is 0.300. The third kappa shape index (κ3) is 4.18. The maximum absolute atomic E-state index is 12.5. The molecule has 130 valence electrons. The lowest BCUT2D eigenvalue weighted by molar-refractivity contribution is -0.133. The molecule has 0 aromatic heterocycles. The highest BCUT2D eigenvalue weighted by Gasteiger charge is 2.24. The Bertz CT molecular complexity index is 728. The summed E-state index contributed by atoms with van der Waals surface area (Å²) < 4.78 is 5.20. The van der Waals surface area contributed by atoms with Gasteiger partial charge in [0.15, 0.2) is 0 Å². The lowest BCUT2D eigenvalue weighted by Gasteiger charge is -2.22. The van der Waals surface area contributed by atoms with E-state index >= 15 is 0 Å². The van der Waals surface area contributed by atoms with Gasteiger partial charge in [-0.3, -0.25) is 9.59 Å². The predicted molar refractivity (Wildman–Crippen MR) is 95.2 cm³/mol. The fourth-order valence-electron chi connectivity index (χ4n) is 3.05. The van der Waals surface area contributed by atoms with Gasteiger partial charge in [0.2, 0.25) is 11.8 Å². The van der Waals surface area contributed by atoms with Crippen LogP contribution in [0.2, 0.25) is 0 Å². The molecule has 1 N–H and O–H groups in total. The second-order valence-corrected chi connectivity index (χ2v) is 6.10. The van der Waals surface area contributed by atoms with E-state index in [9.17, 15) is 9.59 Å². The molecule has 1 saturated heterocycles. The van der Waals surface area contributed by atoms with Gasteiger partial charge < -0.3 is 15.0 Å². The van der Waals surface area contributed by atoms with Crippen LogP contribution in [0.3, 0.4) is 0 Å². The Morgan fingerprint density at radius 3 is 2.40 bits per heavy atom. The lowest BCUT2D eigenvalue weighted by atomic mass is 9.98. The van der Waals surface area contributed by atoms with Gasteiger partial charge in [0.1, 0.15) is 5.75 Å². The van der Waals surface area contributed by atoms with Gasteiger partial charge in [0, 0.05) is 13.0 Å². The number of nitrogens with one attached hydrogen (secondary N) is 1. The van der Waals surface area contributed by atoms with Crippen LogP contribution in [-0.4, -0.2) is 36.9 Å². The van der Waals surface area contributed by atoms with Crippen LogP contribution in [0.4, 0.5) is 0 Å². The third-order valence-corrected chi connectivity index (χ3v) is 4.39. The number of methoxy groups -OCH3 is 1. The normalized spacial score (nSPS) is 15.1. The van der Waals surface area contributed by atoms with E-state index in [0.717, 1.165) is 23.3 Å². The van der Waals surface area contributed by atoms with Crippen molar-refractivity contribution in [2.45, 2.75) is 18.9 Å². The summed E-state index contributed by atoms with van der Waals surface area (Å²) in [5, 5.41) is 3.06. The summed E-state index contributed by atoms with van der Waals surface area (Å²) >= 11 is 0. The van der Waals surface area contributed by atoms with Crippen LogP contribution in [0.1, 0.15) is 30.0 Å². The van der Waals surface area contributed by atoms with Crippen LogP contribution in [0.15, 0.2) is 54.6 Å². The number of benzene rings is 2. The molecule has 0 aliphatic carbocycles. The zero-order valence-electron chi connectivity index (χ0n) is 14.3. The van der Waals surface area contributed by atoms with Crippen LogP contribution >= 0.6 is 0 Å². The monoisotopic (exact) mass is 338 g/mol. The van der Waals surface area contributed by atoms with Crippen molar-refractivity contribution in [2.24, 2.45) is 0 Å². The molecule has 1 aliphatic heterocycles. The summed E-state index contributed by atoms with van der Waals surface area (Å²) in [6, 6.07) is 17.2. The zero-order valence-corrected chi connectivity index (χ0v) is 14.3. The molecule has 1 fully saturated rings. The molecule has 0 saturated carbocycles. The number of nitrogens with zero attached hydrogens (tertiary/aromatic N) is 1. The van der Waals surface area contributed by atoms with E-state index in [2.05, 4.69) is 5.32 Å². The van der Waals surface area contributed by atoms with Crippen molar-refractivity contribution in [3.05, 3.63) is 65.7 Å². The number of amides is 2. The molecule has 5 heteroatoms. The number of hydrogen-bond donors (Lipinski definition) is 1.